The molecule has 1 amide bonds. The minimum atomic E-state index is -8.12. The molecule has 2 aromatic carbocycles. The molecule has 0 saturated heterocycles. The fourth-order valence-corrected chi connectivity index (χ4v) is 2.56. The van der Waals surface area contributed by atoms with Gasteiger partial charge in [-0.15, -0.1) is 0 Å². The number of hydrogen-bond donors (Lipinski definition) is 2. The van der Waals surface area contributed by atoms with E-state index in [1.54, 1.807) is 0 Å². The Morgan fingerprint density at radius 2 is 1.26 bits per heavy atom. The highest BCUT2D eigenvalue weighted by Gasteiger charge is 2.91. The number of phenolic OH excluding ortho intramolecular Hbond substituents is 1. The van der Waals surface area contributed by atoms with Crippen molar-refractivity contribution in [1.82, 2.24) is 5.43 Å². The predicted molar refractivity (Wildman–Crippen MR) is 92.1 cm³/mol. The summed E-state index contributed by atoms with van der Waals surface area (Å²) >= 11 is 0. The SMILES string of the molecule is O=C(NN=Cc1c(O)ccc2ccccc12)C(F)(F)C(F)(F)C(F)(F)C(F)(F)C(F)(F)C(F)(F)F. The minimum Gasteiger partial charge on any atom is -0.507 e. The molecule has 0 radical (unpaired) electrons. The van der Waals surface area contributed by atoms with Crippen molar-refractivity contribution in [3.05, 3.63) is 42.0 Å². The molecule has 2 aromatic rings. The second-order valence-electron chi connectivity index (χ2n) is 6.79. The average molecular weight is 532 g/mol. The van der Waals surface area contributed by atoms with Crippen LogP contribution < -0.4 is 5.43 Å². The van der Waals surface area contributed by atoms with Crippen molar-refractivity contribution in [2.24, 2.45) is 5.10 Å². The number of carbonyl (C=O) groups excluding carboxylic acids is 1. The number of nitrogens with zero attached hydrogens (tertiary/aromatic N) is 1. The fourth-order valence-electron chi connectivity index (χ4n) is 2.56. The van der Waals surface area contributed by atoms with Gasteiger partial charge in [0.1, 0.15) is 5.75 Å². The number of aromatic hydroxyl groups is 1. The summed E-state index contributed by atoms with van der Waals surface area (Å²) in [5.74, 6) is -43.1. The molecule has 2 N–H and O–H groups in total. The molecule has 0 atom stereocenters. The van der Waals surface area contributed by atoms with E-state index in [0.717, 1.165) is 6.07 Å². The molecule has 17 heteroatoms. The van der Waals surface area contributed by atoms with Crippen LogP contribution in [0.2, 0.25) is 0 Å². The zero-order valence-corrected chi connectivity index (χ0v) is 16.3. The first-order chi connectivity index (χ1) is 15.6. The first-order valence-electron chi connectivity index (χ1n) is 8.64. The lowest BCUT2D eigenvalue weighted by Gasteiger charge is -2.38. The van der Waals surface area contributed by atoms with E-state index in [0.29, 0.717) is 17.0 Å². The lowest BCUT2D eigenvalue weighted by molar-refractivity contribution is -0.436. The Morgan fingerprint density at radius 1 is 0.743 bits per heavy atom. The number of hydrazone groups is 1. The van der Waals surface area contributed by atoms with E-state index in [-0.39, 0.29) is 10.9 Å². The second kappa shape index (κ2) is 8.44. The summed E-state index contributed by atoms with van der Waals surface area (Å²) in [4.78, 5) is 11.4. The summed E-state index contributed by atoms with van der Waals surface area (Å²) in [6.07, 6.45) is -7.20. The van der Waals surface area contributed by atoms with Crippen LogP contribution in [0.1, 0.15) is 5.56 Å². The first kappa shape index (κ1) is 28.0. The van der Waals surface area contributed by atoms with Gasteiger partial charge >= 0.3 is 41.7 Å². The number of fused-ring (bicyclic) bond motifs is 1. The van der Waals surface area contributed by atoms with Crippen molar-refractivity contribution in [2.75, 3.05) is 0 Å². The summed E-state index contributed by atoms with van der Waals surface area (Å²) in [6.45, 7) is 0. The van der Waals surface area contributed by atoms with Crippen molar-refractivity contribution in [3.8, 4) is 5.75 Å². The van der Waals surface area contributed by atoms with Gasteiger partial charge in [-0.05, 0) is 16.8 Å². The molecule has 0 aliphatic heterocycles. The highest BCUT2D eigenvalue weighted by atomic mass is 19.4. The number of rotatable bonds is 7. The van der Waals surface area contributed by atoms with Gasteiger partial charge in [0.15, 0.2) is 0 Å². The Hall–Kier alpha value is -3.27. The van der Waals surface area contributed by atoms with Gasteiger partial charge in [0, 0.05) is 5.56 Å². The topological polar surface area (TPSA) is 61.7 Å². The van der Waals surface area contributed by atoms with Gasteiger partial charge in [-0.1, -0.05) is 30.3 Å². The van der Waals surface area contributed by atoms with Gasteiger partial charge in [-0.3, -0.25) is 4.79 Å². The van der Waals surface area contributed by atoms with E-state index in [2.05, 4.69) is 5.10 Å². The van der Waals surface area contributed by atoms with Crippen LogP contribution >= 0.6 is 0 Å². The fraction of sp³-hybridized carbons (Fsp3) is 0.333. The molecule has 35 heavy (non-hydrogen) atoms. The van der Waals surface area contributed by atoms with Gasteiger partial charge in [0.2, 0.25) is 0 Å². The number of amides is 1. The smallest absolute Gasteiger partial charge is 0.460 e. The van der Waals surface area contributed by atoms with Crippen molar-refractivity contribution < 1.29 is 67.0 Å². The van der Waals surface area contributed by atoms with E-state index >= 15 is 0 Å². The van der Waals surface area contributed by atoms with Crippen LogP contribution in [0.5, 0.6) is 5.75 Å². The third-order valence-electron chi connectivity index (χ3n) is 4.53. The van der Waals surface area contributed by atoms with Gasteiger partial charge < -0.3 is 5.11 Å². The lowest BCUT2D eigenvalue weighted by Crippen LogP contribution is -2.71. The summed E-state index contributed by atoms with van der Waals surface area (Å²) in [6, 6.07) is 8.11. The van der Waals surface area contributed by atoms with Crippen molar-refractivity contribution >= 4 is 22.9 Å². The van der Waals surface area contributed by atoms with Crippen LogP contribution in [0.4, 0.5) is 57.1 Å². The van der Waals surface area contributed by atoms with E-state index in [1.807, 2.05) is 0 Å². The zero-order chi connectivity index (χ0) is 27.3. The van der Waals surface area contributed by atoms with Crippen LogP contribution in [0.3, 0.4) is 0 Å². The molecule has 0 aliphatic rings. The van der Waals surface area contributed by atoms with E-state index in [9.17, 15) is 67.0 Å². The third-order valence-corrected chi connectivity index (χ3v) is 4.53. The molecule has 0 saturated carbocycles. The van der Waals surface area contributed by atoms with E-state index < -0.39 is 47.4 Å². The first-order valence-corrected chi connectivity index (χ1v) is 8.64. The maximum atomic E-state index is 13.7. The van der Waals surface area contributed by atoms with E-state index in [1.165, 1.54) is 30.3 Å². The lowest BCUT2D eigenvalue weighted by atomic mass is 9.93. The van der Waals surface area contributed by atoms with E-state index in [4.69, 9.17) is 0 Å². The Balaban J connectivity index is 2.39. The molecule has 194 valence electrons. The summed E-state index contributed by atoms with van der Waals surface area (Å²) in [7, 11) is 0. The maximum Gasteiger partial charge on any atom is 0.460 e. The molecule has 0 unspecified atom stereocenters. The largest absolute Gasteiger partial charge is 0.507 e. The van der Waals surface area contributed by atoms with Crippen molar-refractivity contribution in [3.63, 3.8) is 0 Å². The van der Waals surface area contributed by atoms with Crippen LogP contribution in [-0.2, 0) is 4.79 Å². The quantitative estimate of drug-likeness (QED) is 0.272. The molecule has 4 nitrogen and oxygen atoms in total. The average Bonchev–Trinajstić information content (AvgIpc) is 2.73. The molecule has 0 spiro atoms. The van der Waals surface area contributed by atoms with Gasteiger partial charge in [0.25, 0.3) is 0 Å². The highest BCUT2D eigenvalue weighted by Crippen LogP contribution is 2.60. The molecule has 0 bridgehead atoms. The van der Waals surface area contributed by atoms with Crippen LogP contribution in [0.15, 0.2) is 41.5 Å². The monoisotopic (exact) mass is 532 g/mol. The normalized spacial score (nSPS) is 14.5. The van der Waals surface area contributed by atoms with Gasteiger partial charge in [-0.2, -0.15) is 62.2 Å². The predicted octanol–water partition coefficient (Wildman–Crippen LogP) is 5.73. The van der Waals surface area contributed by atoms with Gasteiger partial charge in [-0.25, -0.2) is 5.43 Å². The molecule has 0 aromatic heterocycles. The Kier molecular flexibility index (Phi) is 6.74. The number of halogens is 13. The summed E-state index contributed by atoms with van der Waals surface area (Å²) in [5, 5.41) is 13.0. The Labute approximate surface area is 185 Å². The molecular formula is C18H9F13N2O2. The molecule has 0 fully saturated rings. The van der Waals surface area contributed by atoms with Gasteiger partial charge in [0.05, 0.1) is 6.21 Å². The summed E-state index contributed by atoms with van der Waals surface area (Å²) in [5.41, 5.74) is 0.230. The maximum absolute atomic E-state index is 13.7. The molecular weight excluding hydrogens is 523 g/mol. The van der Waals surface area contributed by atoms with Crippen LogP contribution in [-0.4, -0.2) is 53.0 Å². The molecule has 0 heterocycles. The third kappa shape index (κ3) is 4.20. The van der Waals surface area contributed by atoms with Crippen LogP contribution in [0, 0.1) is 0 Å². The Morgan fingerprint density at radius 3 is 1.80 bits per heavy atom. The number of phenols is 1. The Bertz CT molecular complexity index is 1140. The number of hydrogen-bond acceptors (Lipinski definition) is 3. The number of benzene rings is 2. The van der Waals surface area contributed by atoms with Crippen molar-refractivity contribution in [1.29, 1.82) is 0 Å². The molecule has 2 rings (SSSR count). The number of nitrogens with one attached hydrogen (secondary N) is 1. The van der Waals surface area contributed by atoms with Crippen LogP contribution in [0.25, 0.3) is 10.8 Å². The second-order valence-corrected chi connectivity index (χ2v) is 6.79. The van der Waals surface area contributed by atoms with Crippen molar-refractivity contribution in [2.45, 2.75) is 35.8 Å². The minimum absolute atomic E-state index is 0.142. The highest BCUT2D eigenvalue weighted by molar-refractivity contribution is 6.02. The number of alkyl halides is 13. The molecule has 0 aliphatic carbocycles. The standard InChI is InChI=1S/C18H9F13N2O2/c19-13(20,14(21,22)15(23,24)16(25,26)17(27,28)18(29,30)31)12(35)33-32-7-10-9-4-2-1-3-8(9)5-6-11(10)34/h1-7,34H,(H,33,35). The zero-order valence-electron chi connectivity index (χ0n) is 16.3. The number of carbonyl (C=O) groups is 1. The summed E-state index contributed by atoms with van der Waals surface area (Å²) < 4.78 is 170.